The van der Waals surface area contributed by atoms with Gasteiger partial charge in [-0.15, -0.1) is 11.3 Å². The quantitative estimate of drug-likeness (QED) is 0.590. The molecule has 0 atom stereocenters. The fourth-order valence-electron chi connectivity index (χ4n) is 1.79. The summed E-state index contributed by atoms with van der Waals surface area (Å²) >= 11 is 4.99. The fraction of sp³-hybridized carbons (Fsp3) is 0.417. The lowest BCUT2D eigenvalue weighted by Gasteiger charge is -1.98. The third-order valence-electron chi connectivity index (χ3n) is 2.65. The predicted octanol–water partition coefficient (Wildman–Crippen LogP) is 4.50. The van der Waals surface area contributed by atoms with Crippen LogP contribution in [0.3, 0.4) is 0 Å². The number of hydrogen-bond donors (Lipinski definition) is 0. The SMILES string of the molecule is Cc1cc(C(=O)CC2=CCCC2)sc1Br. The minimum absolute atomic E-state index is 0.266. The van der Waals surface area contributed by atoms with Crippen LogP contribution in [0.15, 0.2) is 21.5 Å². The lowest BCUT2D eigenvalue weighted by molar-refractivity contribution is 0.0996. The molecule has 80 valence electrons. The van der Waals surface area contributed by atoms with E-state index in [0.717, 1.165) is 27.1 Å². The number of carbonyl (C=O) groups excluding carboxylic acids is 1. The summed E-state index contributed by atoms with van der Waals surface area (Å²) in [6.45, 7) is 2.02. The van der Waals surface area contributed by atoms with E-state index in [1.165, 1.54) is 12.0 Å². The van der Waals surface area contributed by atoms with Crippen LogP contribution in [0.5, 0.6) is 0 Å². The second-order valence-corrected chi connectivity index (χ2v) is 6.29. The first-order valence-corrected chi connectivity index (χ1v) is 6.75. The summed E-state index contributed by atoms with van der Waals surface area (Å²) in [6, 6.07) is 1.98. The van der Waals surface area contributed by atoms with Gasteiger partial charge in [0.15, 0.2) is 5.78 Å². The van der Waals surface area contributed by atoms with Crippen molar-refractivity contribution in [3.63, 3.8) is 0 Å². The average molecular weight is 285 g/mol. The lowest BCUT2D eigenvalue weighted by atomic mass is 10.1. The highest BCUT2D eigenvalue weighted by atomic mass is 79.9. The molecule has 3 heteroatoms. The Morgan fingerprint density at radius 1 is 1.60 bits per heavy atom. The molecular formula is C12H13BrOS. The van der Waals surface area contributed by atoms with E-state index < -0.39 is 0 Å². The van der Waals surface area contributed by atoms with Gasteiger partial charge in [-0.3, -0.25) is 4.79 Å². The second-order valence-electron chi connectivity index (χ2n) is 3.92. The van der Waals surface area contributed by atoms with Crippen LogP contribution in [0.25, 0.3) is 0 Å². The molecule has 1 aromatic rings. The Morgan fingerprint density at radius 2 is 2.40 bits per heavy atom. The fourth-order valence-corrected chi connectivity index (χ4v) is 3.26. The van der Waals surface area contributed by atoms with Crippen molar-refractivity contribution in [1.82, 2.24) is 0 Å². The maximum absolute atomic E-state index is 11.9. The van der Waals surface area contributed by atoms with Crippen molar-refractivity contribution >= 4 is 33.0 Å². The molecule has 0 saturated carbocycles. The van der Waals surface area contributed by atoms with Crippen LogP contribution in [-0.4, -0.2) is 5.78 Å². The van der Waals surface area contributed by atoms with Crippen LogP contribution < -0.4 is 0 Å². The molecule has 0 unspecified atom stereocenters. The van der Waals surface area contributed by atoms with Gasteiger partial charge in [-0.05, 0) is 53.7 Å². The summed E-state index contributed by atoms with van der Waals surface area (Å²) in [5.41, 5.74) is 2.48. The van der Waals surface area contributed by atoms with E-state index in [-0.39, 0.29) is 5.78 Å². The number of halogens is 1. The molecule has 0 bridgehead atoms. The Morgan fingerprint density at radius 3 is 2.93 bits per heavy atom. The van der Waals surface area contributed by atoms with Crippen LogP contribution in [-0.2, 0) is 0 Å². The maximum atomic E-state index is 11.9. The van der Waals surface area contributed by atoms with Crippen molar-refractivity contribution in [1.29, 1.82) is 0 Å². The van der Waals surface area contributed by atoms with Gasteiger partial charge in [0.1, 0.15) is 0 Å². The molecule has 1 aliphatic rings. The number of Topliss-reactive ketones (excluding diaryl/α,β-unsaturated/α-hetero) is 1. The Hall–Kier alpha value is -0.410. The molecule has 1 aliphatic carbocycles. The van der Waals surface area contributed by atoms with Crippen molar-refractivity contribution in [3.05, 3.63) is 31.9 Å². The summed E-state index contributed by atoms with van der Waals surface area (Å²) in [6.07, 6.45) is 6.31. The lowest BCUT2D eigenvalue weighted by Crippen LogP contribution is -1.96. The van der Waals surface area contributed by atoms with Crippen LogP contribution in [0.2, 0.25) is 0 Å². The molecule has 0 aliphatic heterocycles. The van der Waals surface area contributed by atoms with Gasteiger partial charge in [0.25, 0.3) is 0 Å². The monoisotopic (exact) mass is 284 g/mol. The number of carbonyl (C=O) groups is 1. The van der Waals surface area contributed by atoms with E-state index in [4.69, 9.17) is 0 Å². The number of allylic oxidation sites excluding steroid dienone is 2. The molecule has 0 saturated heterocycles. The summed E-state index contributed by atoms with van der Waals surface area (Å²) in [7, 11) is 0. The average Bonchev–Trinajstić information content (AvgIpc) is 2.78. The molecule has 2 rings (SSSR count). The molecule has 1 nitrogen and oxygen atoms in total. The second kappa shape index (κ2) is 4.62. The van der Waals surface area contributed by atoms with Crippen LogP contribution in [0, 0.1) is 6.92 Å². The largest absolute Gasteiger partial charge is 0.293 e. The minimum Gasteiger partial charge on any atom is -0.293 e. The summed E-state index contributed by atoms with van der Waals surface area (Å²) in [4.78, 5) is 12.8. The third-order valence-corrected chi connectivity index (χ3v) is 4.83. The molecule has 15 heavy (non-hydrogen) atoms. The number of hydrogen-bond acceptors (Lipinski definition) is 2. The number of rotatable bonds is 3. The molecule has 1 aromatic heterocycles. The van der Waals surface area contributed by atoms with E-state index in [1.807, 2.05) is 13.0 Å². The number of thiophene rings is 1. The zero-order valence-corrected chi connectivity index (χ0v) is 11.1. The van der Waals surface area contributed by atoms with Gasteiger partial charge in [0.2, 0.25) is 0 Å². The predicted molar refractivity (Wildman–Crippen MR) is 67.6 cm³/mol. The molecule has 0 spiro atoms. The molecule has 0 N–H and O–H groups in total. The van der Waals surface area contributed by atoms with E-state index >= 15 is 0 Å². The third kappa shape index (κ3) is 2.58. The smallest absolute Gasteiger partial charge is 0.176 e. The van der Waals surface area contributed by atoms with Gasteiger partial charge in [-0.2, -0.15) is 0 Å². The number of aryl methyl sites for hydroxylation is 1. The molecule has 0 aromatic carbocycles. The highest BCUT2D eigenvalue weighted by molar-refractivity contribution is 9.11. The van der Waals surface area contributed by atoms with Gasteiger partial charge < -0.3 is 0 Å². The normalized spacial score (nSPS) is 15.5. The zero-order chi connectivity index (χ0) is 10.8. The van der Waals surface area contributed by atoms with Gasteiger partial charge in [-0.1, -0.05) is 11.6 Å². The Balaban J connectivity index is 2.07. The van der Waals surface area contributed by atoms with Gasteiger partial charge >= 0.3 is 0 Å². The molecular weight excluding hydrogens is 272 g/mol. The summed E-state index contributed by atoms with van der Waals surface area (Å²) in [5.74, 6) is 0.266. The van der Waals surface area contributed by atoms with Crippen molar-refractivity contribution in [2.45, 2.75) is 32.6 Å². The van der Waals surface area contributed by atoms with Crippen molar-refractivity contribution in [2.75, 3.05) is 0 Å². The highest BCUT2D eigenvalue weighted by Crippen LogP contribution is 2.30. The van der Waals surface area contributed by atoms with Crippen LogP contribution in [0.4, 0.5) is 0 Å². The Labute approximate surface area is 102 Å². The first kappa shape index (κ1) is 11.1. The number of ketones is 1. The molecule has 0 amide bonds. The zero-order valence-electron chi connectivity index (χ0n) is 8.68. The molecule has 1 heterocycles. The Kier molecular flexibility index (Phi) is 3.42. The summed E-state index contributed by atoms with van der Waals surface area (Å²) < 4.78 is 1.08. The van der Waals surface area contributed by atoms with Crippen LogP contribution >= 0.6 is 27.3 Å². The minimum atomic E-state index is 0.266. The van der Waals surface area contributed by atoms with E-state index in [1.54, 1.807) is 11.3 Å². The van der Waals surface area contributed by atoms with Gasteiger partial charge in [-0.25, -0.2) is 0 Å². The molecule has 0 fully saturated rings. The van der Waals surface area contributed by atoms with E-state index in [2.05, 4.69) is 22.0 Å². The first-order valence-electron chi connectivity index (χ1n) is 5.14. The standard InChI is InChI=1S/C12H13BrOS/c1-8-6-11(15-12(8)13)10(14)7-9-4-2-3-5-9/h4,6H,2-3,5,7H2,1H3. The molecule has 0 radical (unpaired) electrons. The van der Waals surface area contributed by atoms with Gasteiger partial charge in [0.05, 0.1) is 8.66 Å². The Bertz CT molecular complexity index is 398. The van der Waals surface area contributed by atoms with Crippen molar-refractivity contribution in [2.24, 2.45) is 0 Å². The van der Waals surface area contributed by atoms with Crippen molar-refractivity contribution in [3.8, 4) is 0 Å². The highest BCUT2D eigenvalue weighted by Gasteiger charge is 2.14. The van der Waals surface area contributed by atoms with E-state index in [9.17, 15) is 4.79 Å². The van der Waals surface area contributed by atoms with Crippen molar-refractivity contribution < 1.29 is 4.79 Å². The maximum Gasteiger partial charge on any atom is 0.176 e. The first-order chi connectivity index (χ1) is 7.16. The van der Waals surface area contributed by atoms with E-state index in [0.29, 0.717) is 6.42 Å². The van der Waals surface area contributed by atoms with Gasteiger partial charge in [0, 0.05) is 6.42 Å². The summed E-state index contributed by atoms with van der Waals surface area (Å²) in [5, 5.41) is 0. The topological polar surface area (TPSA) is 17.1 Å². The van der Waals surface area contributed by atoms with Crippen LogP contribution in [0.1, 0.15) is 40.9 Å².